The topological polar surface area (TPSA) is 103 Å². The van der Waals surface area contributed by atoms with Crippen LogP contribution in [-0.4, -0.2) is 42.9 Å². The quantitative estimate of drug-likeness (QED) is 0.236. The third kappa shape index (κ3) is 5.06. The number of nitrogens with zero attached hydrogens (tertiary/aromatic N) is 5. The highest BCUT2D eigenvalue weighted by molar-refractivity contribution is 6.07. The number of ether oxygens (including phenoxy) is 1. The lowest BCUT2D eigenvalue weighted by Gasteiger charge is -2.11. The Balaban J connectivity index is 1.57. The molecule has 198 valence electrons. The van der Waals surface area contributed by atoms with Gasteiger partial charge in [-0.05, 0) is 49.4 Å². The van der Waals surface area contributed by atoms with Crippen molar-refractivity contribution >= 4 is 23.3 Å². The molecule has 2 aromatic carbocycles. The van der Waals surface area contributed by atoms with E-state index in [9.17, 15) is 27.2 Å². The van der Waals surface area contributed by atoms with Crippen LogP contribution in [0.5, 0.6) is 0 Å². The molecule has 5 rings (SSSR count). The van der Waals surface area contributed by atoms with Crippen LogP contribution in [0.25, 0.3) is 22.6 Å². The number of esters is 1. The van der Waals surface area contributed by atoms with Gasteiger partial charge in [-0.3, -0.25) is 4.79 Å². The van der Waals surface area contributed by atoms with Gasteiger partial charge in [-0.15, -0.1) is 0 Å². The second kappa shape index (κ2) is 10.0. The van der Waals surface area contributed by atoms with Crippen molar-refractivity contribution in [3.8, 4) is 16.9 Å². The number of fused-ring (bicyclic) bond motifs is 1. The molecule has 13 heteroatoms. The first-order valence-corrected chi connectivity index (χ1v) is 11.5. The molecule has 1 N–H and O–H groups in total. The Labute approximate surface area is 217 Å². The summed E-state index contributed by atoms with van der Waals surface area (Å²) in [6.07, 6.45) is -3.64. The molecular formula is C26H18F4N6O3. The Morgan fingerprint density at radius 2 is 1.74 bits per heavy atom. The van der Waals surface area contributed by atoms with E-state index in [-0.39, 0.29) is 34.9 Å². The number of rotatable bonds is 6. The van der Waals surface area contributed by atoms with E-state index in [0.29, 0.717) is 10.2 Å². The summed E-state index contributed by atoms with van der Waals surface area (Å²) in [4.78, 5) is 29.9. The number of halogens is 4. The normalized spacial score (nSPS) is 11.5. The fourth-order valence-corrected chi connectivity index (χ4v) is 3.82. The van der Waals surface area contributed by atoms with Crippen molar-refractivity contribution in [2.75, 3.05) is 11.9 Å². The van der Waals surface area contributed by atoms with Gasteiger partial charge >= 0.3 is 12.1 Å². The van der Waals surface area contributed by atoms with Crippen molar-refractivity contribution in [3.05, 3.63) is 95.7 Å². The average molecular weight is 538 g/mol. The molecule has 0 aliphatic heterocycles. The third-order valence-electron chi connectivity index (χ3n) is 5.59. The summed E-state index contributed by atoms with van der Waals surface area (Å²) < 4.78 is 62.0. The van der Waals surface area contributed by atoms with E-state index in [2.05, 4.69) is 20.5 Å². The predicted molar refractivity (Wildman–Crippen MR) is 131 cm³/mol. The molecule has 0 aliphatic rings. The summed E-state index contributed by atoms with van der Waals surface area (Å²) in [6.45, 7) is 1.68. The van der Waals surface area contributed by atoms with Gasteiger partial charge in [-0.25, -0.2) is 23.4 Å². The molecule has 0 saturated heterocycles. The minimum absolute atomic E-state index is 0.0577. The number of para-hydroxylation sites is 1. The van der Waals surface area contributed by atoms with Crippen LogP contribution in [0.3, 0.4) is 0 Å². The Morgan fingerprint density at radius 1 is 1.03 bits per heavy atom. The van der Waals surface area contributed by atoms with Gasteiger partial charge in [-0.1, -0.05) is 18.2 Å². The van der Waals surface area contributed by atoms with Crippen LogP contribution in [0.15, 0.2) is 72.9 Å². The van der Waals surface area contributed by atoms with Crippen LogP contribution in [0.1, 0.15) is 33.5 Å². The lowest BCUT2D eigenvalue weighted by atomic mass is 10.1. The molecule has 0 fully saturated rings. The van der Waals surface area contributed by atoms with Crippen LogP contribution in [0.4, 0.5) is 23.4 Å². The molecule has 3 heterocycles. The smallest absolute Gasteiger partial charge is 0.433 e. The molecular weight excluding hydrogens is 520 g/mol. The number of carbonyl (C=O) groups excluding carboxylic acids is 2. The molecule has 0 bridgehead atoms. The molecule has 0 saturated carbocycles. The number of nitrogens with one attached hydrogen (secondary N) is 1. The van der Waals surface area contributed by atoms with E-state index in [1.54, 1.807) is 37.3 Å². The molecule has 39 heavy (non-hydrogen) atoms. The minimum atomic E-state index is -4.85. The Bertz CT molecular complexity index is 1680. The molecule has 0 radical (unpaired) electrons. The van der Waals surface area contributed by atoms with Crippen molar-refractivity contribution in [2.45, 2.75) is 13.1 Å². The highest BCUT2D eigenvalue weighted by Gasteiger charge is 2.36. The van der Waals surface area contributed by atoms with Crippen LogP contribution < -0.4 is 5.32 Å². The summed E-state index contributed by atoms with van der Waals surface area (Å²) in [5.41, 5.74) is -1.27. The summed E-state index contributed by atoms with van der Waals surface area (Å²) >= 11 is 0. The Hall–Kier alpha value is -5.07. The summed E-state index contributed by atoms with van der Waals surface area (Å²) in [7, 11) is 0. The van der Waals surface area contributed by atoms with Crippen LogP contribution >= 0.6 is 0 Å². The van der Waals surface area contributed by atoms with Crippen LogP contribution in [0.2, 0.25) is 0 Å². The molecule has 0 aliphatic carbocycles. The van der Waals surface area contributed by atoms with Crippen LogP contribution in [0, 0.1) is 5.82 Å². The van der Waals surface area contributed by atoms with Crippen LogP contribution in [-0.2, 0) is 10.9 Å². The fraction of sp³-hybridized carbons (Fsp3) is 0.115. The molecule has 0 spiro atoms. The molecule has 3 aromatic heterocycles. The minimum Gasteiger partial charge on any atom is -0.462 e. The summed E-state index contributed by atoms with van der Waals surface area (Å²) in [5.74, 6) is -2.29. The van der Waals surface area contributed by atoms with Gasteiger partial charge in [0, 0.05) is 11.6 Å². The van der Waals surface area contributed by atoms with Gasteiger partial charge in [0.05, 0.1) is 24.2 Å². The van der Waals surface area contributed by atoms with Gasteiger partial charge in [0.2, 0.25) is 0 Å². The number of benzene rings is 2. The number of hydrogen-bond donors (Lipinski definition) is 1. The first kappa shape index (κ1) is 25.6. The molecule has 1 amide bonds. The fourth-order valence-electron chi connectivity index (χ4n) is 3.82. The first-order chi connectivity index (χ1) is 18.7. The number of carbonyl (C=O) groups is 2. The number of amides is 1. The van der Waals surface area contributed by atoms with Crippen molar-refractivity contribution in [3.63, 3.8) is 0 Å². The Kier molecular flexibility index (Phi) is 6.56. The maximum Gasteiger partial charge on any atom is 0.433 e. The number of aromatic nitrogens is 5. The van der Waals surface area contributed by atoms with E-state index >= 15 is 0 Å². The lowest BCUT2D eigenvalue weighted by Crippen LogP contribution is -2.19. The number of alkyl halides is 3. The lowest BCUT2D eigenvalue weighted by molar-refractivity contribution is -0.142. The van der Waals surface area contributed by atoms with Gasteiger partial charge in [-0.2, -0.15) is 23.4 Å². The molecule has 0 unspecified atom stereocenters. The number of anilines is 1. The van der Waals surface area contributed by atoms with E-state index in [4.69, 9.17) is 4.74 Å². The van der Waals surface area contributed by atoms with E-state index in [1.807, 2.05) is 0 Å². The third-order valence-corrected chi connectivity index (χ3v) is 5.59. The van der Waals surface area contributed by atoms with E-state index in [0.717, 1.165) is 24.3 Å². The largest absolute Gasteiger partial charge is 0.462 e. The number of hydrogen-bond acceptors (Lipinski definition) is 6. The predicted octanol–water partition coefficient (Wildman–Crippen LogP) is 5.17. The second-order valence-electron chi connectivity index (χ2n) is 8.16. The first-order valence-electron chi connectivity index (χ1n) is 11.5. The average Bonchev–Trinajstić information content (AvgIpc) is 3.53. The zero-order valence-corrected chi connectivity index (χ0v) is 20.1. The summed E-state index contributed by atoms with van der Waals surface area (Å²) in [6, 6.07) is 15.2. The monoisotopic (exact) mass is 538 g/mol. The standard InChI is InChI=1S/C26H18F4N6O3/c1-2-39-25(38)18-14-31-35(17-6-4-3-5-7-17)23(18)33-24(37)20-13-22-32-19(15-8-10-16(27)11-9-15)12-21(26(28,29)30)36(22)34-20/h3-14H,2H2,1H3,(H,33,37). The highest BCUT2D eigenvalue weighted by atomic mass is 19.4. The van der Waals surface area contributed by atoms with Crippen molar-refractivity contribution in [1.82, 2.24) is 24.4 Å². The van der Waals surface area contributed by atoms with Crippen molar-refractivity contribution < 1.29 is 31.9 Å². The molecule has 0 atom stereocenters. The SMILES string of the molecule is CCOC(=O)c1cnn(-c2ccccc2)c1NC(=O)c1cc2nc(-c3ccc(F)cc3)cc(C(F)(F)F)n2n1. The zero-order chi connectivity index (χ0) is 27.7. The maximum absolute atomic E-state index is 13.9. The van der Waals surface area contributed by atoms with Crippen molar-refractivity contribution in [1.29, 1.82) is 0 Å². The maximum atomic E-state index is 13.9. The van der Waals surface area contributed by atoms with Gasteiger partial charge in [0.1, 0.15) is 11.4 Å². The van der Waals surface area contributed by atoms with Gasteiger partial charge < -0.3 is 10.1 Å². The highest BCUT2D eigenvalue weighted by Crippen LogP contribution is 2.32. The van der Waals surface area contributed by atoms with E-state index in [1.165, 1.54) is 23.0 Å². The molecule has 9 nitrogen and oxygen atoms in total. The van der Waals surface area contributed by atoms with Gasteiger partial charge in [0.15, 0.2) is 22.9 Å². The molecule has 5 aromatic rings. The summed E-state index contributed by atoms with van der Waals surface area (Å²) in [5, 5.41) is 10.5. The second-order valence-corrected chi connectivity index (χ2v) is 8.16. The van der Waals surface area contributed by atoms with Gasteiger partial charge in [0.25, 0.3) is 5.91 Å². The van der Waals surface area contributed by atoms with E-state index < -0.39 is 35.3 Å². The van der Waals surface area contributed by atoms with Crippen molar-refractivity contribution in [2.24, 2.45) is 0 Å². The Morgan fingerprint density at radius 3 is 2.41 bits per heavy atom. The zero-order valence-electron chi connectivity index (χ0n) is 20.1.